The molecule has 2 rings (SSSR count). The van der Waals surface area contributed by atoms with E-state index in [1.165, 1.54) is 0 Å². The lowest BCUT2D eigenvalue weighted by Crippen LogP contribution is -2.41. The molecule has 0 radical (unpaired) electrons. The molecule has 1 heterocycles. The van der Waals surface area contributed by atoms with Crippen LogP contribution in [0.1, 0.15) is 16.8 Å². The Morgan fingerprint density at radius 3 is 2.25 bits per heavy atom. The summed E-state index contributed by atoms with van der Waals surface area (Å²) in [5.74, 6) is -6.65. The average molecular weight is 289 g/mol. The van der Waals surface area contributed by atoms with Crippen molar-refractivity contribution in [3.05, 3.63) is 35.1 Å². The molecule has 1 saturated heterocycles. The van der Waals surface area contributed by atoms with Gasteiger partial charge < -0.3 is 15.1 Å². The maximum atomic E-state index is 13.5. The van der Waals surface area contributed by atoms with E-state index >= 15 is 0 Å². The summed E-state index contributed by atoms with van der Waals surface area (Å²) >= 11 is 0. The molecule has 2 atom stereocenters. The van der Waals surface area contributed by atoms with Gasteiger partial charge in [-0.1, -0.05) is 0 Å². The molecule has 108 valence electrons. The highest BCUT2D eigenvalue weighted by molar-refractivity contribution is 5.97. The van der Waals surface area contributed by atoms with Crippen molar-refractivity contribution in [2.45, 2.75) is 18.6 Å². The van der Waals surface area contributed by atoms with Gasteiger partial charge in [0.05, 0.1) is 6.10 Å². The molecule has 0 aliphatic carbocycles. The quantitative estimate of drug-likeness (QED) is 0.842. The number of aliphatic carboxylic acids is 1. The lowest BCUT2D eigenvalue weighted by atomic mass is 10.1. The van der Waals surface area contributed by atoms with Crippen LogP contribution >= 0.6 is 0 Å². The first kappa shape index (κ1) is 14.3. The molecule has 0 unspecified atom stereocenters. The zero-order valence-electron chi connectivity index (χ0n) is 10.0. The molecule has 1 fully saturated rings. The van der Waals surface area contributed by atoms with Gasteiger partial charge in [-0.2, -0.15) is 0 Å². The minimum atomic E-state index is -1.42. The van der Waals surface area contributed by atoms with Crippen molar-refractivity contribution in [3.63, 3.8) is 0 Å². The second-order valence-electron chi connectivity index (χ2n) is 4.45. The number of β-amino-alcohol motifs (C(OH)–C–C–N with tert-alkyl or cyclic N) is 1. The van der Waals surface area contributed by atoms with Gasteiger partial charge in [0.25, 0.3) is 5.91 Å². The lowest BCUT2D eigenvalue weighted by Gasteiger charge is -2.21. The molecule has 20 heavy (non-hydrogen) atoms. The number of carboxylic acid groups (broad SMARTS) is 1. The van der Waals surface area contributed by atoms with Gasteiger partial charge in [-0.05, 0) is 0 Å². The number of hydrogen-bond donors (Lipinski definition) is 2. The number of rotatable bonds is 2. The Morgan fingerprint density at radius 2 is 1.75 bits per heavy atom. The van der Waals surface area contributed by atoms with E-state index in [1.54, 1.807) is 0 Å². The van der Waals surface area contributed by atoms with Crippen LogP contribution in [0.4, 0.5) is 13.2 Å². The summed E-state index contributed by atoms with van der Waals surface area (Å²) in [6.45, 7) is -0.355. The molecule has 1 aliphatic rings. The Kier molecular flexibility index (Phi) is 3.67. The van der Waals surface area contributed by atoms with Gasteiger partial charge in [0.1, 0.15) is 29.1 Å². The highest BCUT2D eigenvalue weighted by Gasteiger charge is 2.40. The number of hydrogen-bond acceptors (Lipinski definition) is 3. The summed E-state index contributed by atoms with van der Waals surface area (Å²) in [7, 11) is 0. The fourth-order valence-corrected chi connectivity index (χ4v) is 2.16. The number of likely N-dealkylation sites (tertiary alicyclic amines) is 1. The van der Waals surface area contributed by atoms with Crippen molar-refractivity contribution in [2.75, 3.05) is 6.54 Å². The SMILES string of the molecule is O=C(O)[C@H]1C[C@@H](O)CN1C(=O)c1c(F)cc(F)cc1F. The fourth-order valence-electron chi connectivity index (χ4n) is 2.16. The number of carbonyl (C=O) groups is 2. The van der Waals surface area contributed by atoms with Crippen molar-refractivity contribution in [1.29, 1.82) is 0 Å². The highest BCUT2D eigenvalue weighted by atomic mass is 19.1. The maximum Gasteiger partial charge on any atom is 0.326 e. The van der Waals surface area contributed by atoms with E-state index in [4.69, 9.17) is 5.11 Å². The van der Waals surface area contributed by atoms with Crippen LogP contribution in [0.25, 0.3) is 0 Å². The summed E-state index contributed by atoms with van der Waals surface area (Å²) in [6, 6.07) is -0.710. The van der Waals surface area contributed by atoms with Gasteiger partial charge in [0, 0.05) is 25.1 Å². The van der Waals surface area contributed by atoms with Crippen LogP contribution in [0.5, 0.6) is 0 Å². The van der Waals surface area contributed by atoms with Crippen LogP contribution in [0.15, 0.2) is 12.1 Å². The van der Waals surface area contributed by atoms with E-state index in [1.807, 2.05) is 0 Å². The van der Waals surface area contributed by atoms with Crippen molar-refractivity contribution >= 4 is 11.9 Å². The van der Waals surface area contributed by atoms with Crippen LogP contribution in [-0.2, 0) is 4.79 Å². The number of nitrogens with zero attached hydrogens (tertiary/aromatic N) is 1. The molecule has 5 nitrogen and oxygen atoms in total. The van der Waals surface area contributed by atoms with Gasteiger partial charge in [0.2, 0.25) is 0 Å². The molecule has 1 aromatic carbocycles. The second kappa shape index (κ2) is 5.12. The monoisotopic (exact) mass is 289 g/mol. The van der Waals surface area contributed by atoms with Gasteiger partial charge in [0.15, 0.2) is 0 Å². The Hall–Kier alpha value is -2.09. The largest absolute Gasteiger partial charge is 0.480 e. The number of carbonyl (C=O) groups excluding carboxylic acids is 1. The molecular formula is C12H10F3NO4. The van der Waals surface area contributed by atoms with Crippen LogP contribution in [-0.4, -0.2) is 45.7 Å². The molecule has 0 spiro atoms. The molecule has 0 saturated carbocycles. The average Bonchev–Trinajstić information content (AvgIpc) is 2.70. The van der Waals surface area contributed by atoms with Gasteiger partial charge in [-0.3, -0.25) is 4.79 Å². The minimum Gasteiger partial charge on any atom is -0.480 e. The Balaban J connectivity index is 2.39. The van der Waals surface area contributed by atoms with Gasteiger partial charge in [-0.25, -0.2) is 18.0 Å². The first-order valence-corrected chi connectivity index (χ1v) is 5.67. The molecule has 0 bridgehead atoms. The van der Waals surface area contributed by atoms with Crippen LogP contribution in [0, 0.1) is 17.5 Å². The van der Waals surface area contributed by atoms with E-state index in [-0.39, 0.29) is 13.0 Å². The number of benzene rings is 1. The fraction of sp³-hybridized carbons (Fsp3) is 0.333. The number of amides is 1. The van der Waals surface area contributed by atoms with E-state index in [2.05, 4.69) is 0 Å². The maximum absolute atomic E-state index is 13.5. The number of aliphatic hydroxyl groups is 1. The van der Waals surface area contributed by atoms with Crippen molar-refractivity contribution in [2.24, 2.45) is 0 Å². The van der Waals surface area contributed by atoms with Crippen LogP contribution < -0.4 is 0 Å². The molecule has 2 N–H and O–H groups in total. The third-order valence-corrected chi connectivity index (χ3v) is 3.05. The minimum absolute atomic E-state index is 0.231. The molecule has 8 heteroatoms. The van der Waals surface area contributed by atoms with Crippen molar-refractivity contribution in [3.8, 4) is 0 Å². The van der Waals surface area contributed by atoms with Gasteiger partial charge in [-0.15, -0.1) is 0 Å². The molecule has 1 aromatic rings. The van der Waals surface area contributed by atoms with E-state index < -0.39 is 47.0 Å². The van der Waals surface area contributed by atoms with E-state index in [0.717, 1.165) is 0 Å². The van der Waals surface area contributed by atoms with Crippen molar-refractivity contribution < 1.29 is 33.0 Å². The molecular weight excluding hydrogens is 279 g/mol. The number of halogens is 3. The first-order chi connectivity index (χ1) is 9.31. The highest BCUT2D eigenvalue weighted by Crippen LogP contribution is 2.24. The summed E-state index contributed by atoms with van der Waals surface area (Å²) in [4.78, 5) is 23.6. The topological polar surface area (TPSA) is 77.8 Å². The Bertz CT molecular complexity index is 555. The smallest absolute Gasteiger partial charge is 0.326 e. The molecule has 1 aliphatic heterocycles. The molecule has 0 aromatic heterocycles. The Morgan fingerprint density at radius 1 is 1.20 bits per heavy atom. The van der Waals surface area contributed by atoms with Gasteiger partial charge >= 0.3 is 5.97 Å². The normalized spacial score (nSPS) is 22.1. The van der Waals surface area contributed by atoms with E-state index in [9.17, 15) is 27.9 Å². The molecule has 1 amide bonds. The zero-order valence-corrected chi connectivity index (χ0v) is 10.0. The lowest BCUT2D eigenvalue weighted by molar-refractivity contribution is -0.141. The number of aliphatic hydroxyl groups excluding tert-OH is 1. The third kappa shape index (κ3) is 2.46. The zero-order chi connectivity index (χ0) is 15.0. The Labute approximate surface area is 111 Å². The predicted molar refractivity (Wildman–Crippen MR) is 59.4 cm³/mol. The third-order valence-electron chi connectivity index (χ3n) is 3.05. The second-order valence-corrected chi connectivity index (χ2v) is 4.45. The summed E-state index contributed by atoms with van der Waals surface area (Å²) in [6.07, 6.45) is -1.32. The van der Waals surface area contributed by atoms with Crippen LogP contribution in [0.3, 0.4) is 0 Å². The van der Waals surface area contributed by atoms with Crippen molar-refractivity contribution in [1.82, 2.24) is 4.90 Å². The summed E-state index contributed by atoms with van der Waals surface area (Å²) < 4.78 is 39.8. The van der Waals surface area contributed by atoms with Crippen LogP contribution in [0.2, 0.25) is 0 Å². The first-order valence-electron chi connectivity index (χ1n) is 5.67. The number of carboxylic acids is 1. The summed E-state index contributed by atoms with van der Waals surface area (Å²) in [5, 5.41) is 18.3. The van der Waals surface area contributed by atoms with E-state index in [0.29, 0.717) is 17.0 Å². The standard InChI is InChI=1S/C12H10F3NO4/c13-5-1-7(14)10(8(15)2-5)11(18)16-4-6(17)3-9(16)12(19)20/h1-2,6,9,17H,3-4H2,(H,19,20)/t6-,9-/m1/s1. The predicted octanol–water partition coefficient (Wildman–Crippen LogP) is 0.764. The summed E-state index contributed by atoms with van der Waals surface area (Å²) in [5.41, 5.74) is -1.04.